The number of aryl methyl sites for hydroxylation is 1. The summed E-state index contributed by atoms with van der Waals surface area (Å²) in [7, 11) is 1.37. The third kappa shape index (κ3) is 3.62. The molecule has 0 saturated carbocycles. The molecule has 1 atom stereocenters. The average molecular weight is 490 g/mol. The maximum Gasteiger partial charge on any atom is 0.300 e. The number of rotatable bonds is 4. The predicted octanol–water partition coefficient (Wildman–Crippen LogP) is 5.70. The molecule has 164 valence electrons. The number of aliphatic hydroxyl groups excluding tert-OH is 1. The van der Waals surface area contributed by atoms with Gasteiger partial charge in [-0.05, 0) is 48.2 Å². The quantitative estimate of drug-likeness (QED) is 0.278. The molecule has 0 spiro atoms. The fraction of sp³-hybridized carbons (Fsp3) is 0.130. The summed E-state index contributed by atoms with van der Waals surface area (Å²) in [5, 5.41) is 23.9. The Hall–Kier alpha value is -3.00. The van der Waals surface area contributed by atoms with Gasteiger partial charge in [-0.25, -0.2) is 0 Å². The number of ether oxygens (including phenoxy) is 1. The molecule has 1 aliphatic rings. The molecule has 1 fully saturated rings. The smallest absolute Gasteiger partial charge is 0.300 e. The number of aromatic hydroxyl groups is 1. The number of carbonyl (C=O) groups excluding carboxylic acids is 2. The topological polar surface area (TPSA) is 87.1 Å². The van der Waals surface area contributed by atoms with Gasteiger partial charge in [-0.15, -0.1) is 11.3 Å². The second-order valence-corrected chi connectivity index (χ2v) is 8.97. The maximum absolute atomic E-state index is 13.2. The maximum atomic E-state index is 13.2. The number of aliphatic hydroxyl groups is 1. The molecule has 3 aromatic rings. The molecule has 32 heavy (non-hydrogen) atoms. The number of Topliss-reactive ketones (excluding diaryl/α,β-unsaturated/α-hetero) is 1. The molecule has 1 unspecified atom stereocenters. The zero-order valence-electron chi connectivity index (χ0n) is 16.9. The van der Waals surface area contributed by atoms with E-state index in [-0.39, 0.29) is 38.4 Å². The number of nitrogens with zero attached hydrogens (tertiary/aromatic N) is 1. The van der Waals surface area contributed by atoms with Crippen molar-refractivity contribution >= 4 is 57.7 Å². The Balaban J connectivity index is 2.01. The minimum absolute atomic E-state index is 0.0815. The summed E-state index contributed by atoms with van der Waals surface area (Å²) >= 11 is 13.6. The number of hydrogen-bond acceptors (Lipinski definition) is 6. The lowest BCUT2D eigenvalue weighted by Crippen LogP contribution is -2.29. The molecular weight excluding hydrogens is 473 g/mol. The third-order valence-corrected chi connectivity index (χ3v) is 6.54. The van der Waals surface area contributed by atoms with E-state index in [9.17, 15) is 19.8 Å². The lowest BCUT2D eigenvalue weighted by atomic mass is 9.99. The molecule has 2 aromatic carbocycles. The Morgan fingerprint density at radius 2 is 1.91 bits per heavy atom. The number of thiophene rings is 1. The van der Waals surface area contributed by atoms with E-state index in [1.807, 2.05) is 0 Å². The number of halogens is 2. The lowest BCUT2D eigenvalue weighted by Gasteiger charge is -2.25. The van der Waals surface area contributed by atoms with Gasteiger partial charge >= 0.3 is 0 Å². The lowest BCUT2D eigenvalue weighted by molar-refractivity contribution is -0.132. The zero-order valence-corrected chi connectivity index (χ0v) is 19.3. The Morgan fingerprint density at radius 1 is 1.16 bits per heavy atom. The summed E-state index contributed by atoms with van der Waals surface area (Å²) in [5.41, 5.74) is 0.876. The van der Waals surface area contributed by atoms with Gasteiger partial charge in [-0.1, -0.05) is 35.3 Å². The Labute approximate surface area is 197 Å². The van der Waals surface area contributed by atoms with E-state index in [0.717, 1.165) is 5.56 Å². The van der Waals surface area contributed by atoms with Crippen molar-refractivity contribution in [2.24, 2.45) is 0 Å². The van der Waals surface area contributed by atoms with Crippen molar-refractivity contribution in [3.8, 4) is 11.5 Å². The number of methoxy groups -OCH3 is 1. The van der Waals surface area contributed by atoms with Crippen molar-refractivity contribution in [2.45, 2.75) is 13.0 Å². The first-order valence-corrected chi connectivity index (χ1v) is 11.1. The average Bonchev–Trinajstić information content (AvgIpc) is 3.36. The number of phenols is 1. The van der Waals surface area contributed by atoms with Crippen LogP contribution in [0.5, 0.6) is 11.5 Å². The summed E-state index contributed by atoms with van der Waals surface area (Å²) in [4.78, 5) is 28.2. The number of benzene rings is 2. The molecule has 1 aromatic heterocycles. The van der Waals surface area contributed by atoms with E-state index in [0.29, 0.717) is 4.88 Å². The SMILES string of the molecule is COc1c(Cl)cc(Cl)cc1/C(O)=C1/C(=O)C(=O)N(c2cc(C)ccc2O)C1c1cccs1. The summed E-state index contributed by atoms with van der Waals surface area (Å²) in [6, 6.07) is 10.2. The van der Waals surface area contributed by atoms with Gasteiger partial charge in [-0.3, -0.25) is 14.5 Å². The van der Waals surface area contributed by atoms with Crippen LogP contribution in [-0.2, 0) is 9.59 Å². The van der Waals surface area contributed by atoms with Crippen molar-refractivity contribution in [1.82, 2.24) is 0 Å². The van der Waals surface area contributed by atoms with Crippen molar-refractivity contribution in [2.75, 3.05) is 12.0 Å². The van der Waals surface area contributed by atoms with E-state index in [4.69, 9.17) is 27.9 Å². The Bertz CT molecular complexity index is 1270. The van der Waals surface area contributed by atoms with Gasteiger partial charge in [-0.2, -0.15) is 0 Å². The minimum atomic E-state index is -0.967. The molecule has 2 heterocycles. The van der Waals surface area contributed by atoms with Crippen LogP contribution in [0.3, 0.4) is 0 Å². The summed E-state index contributed by atoms with van der Waals surface area (Å²) < 4.78 is 5.31. The van der Waals surface area contributed by atoms with Gasteiger partial charge in [0.05, 0.1) is 29.0 Å². The number of ketones is 1. The van der Waals surface area contributed by atoms with Gasteiger partial charge in [0.25, 0.3) is 11.7 Å². The van der Waals surface area contributed by atoms with Gasteiger partial charge in [0.2, 0.25) is 0 Å². The molecule has 2 N–H and O–H groups in total. The first-order valence-electron chi connectivity index (χ1n) is 9.42. The first kappa shape index (κ1) is 22.2. The highest BCUT2D eigenvalue weighted by Crippen LogP contribution is 2.47. The largest absolute Gasteiger partial charge is 0.507 e. The number of anilines is 1. The highest BCUT2D eigenvalue weighted by Gasteiger charge is 2.48. The van der Waals surface area contributed by atoms with E-state index in [1.165, 1.54) is 41.5 Å². The number of amides is 1. The molecular formula is C23H17Cl2NO5S. The molecule has 0 bridgehead atoms. The number of hydrogen-bond donors (Lipinski definition) is 2. The summed E-state index contributed by atoms with van der Waals surface area (Å²) in [5.74, 6) is -2.30. The summed E-state index contributed by atoms with van der Waals surface area (Å²) in [6.45, 7) is 1.80. The fourth-order valence-electron chi connectivity index (χ4n) is 3.71. The van der Waals surface area contributed by atoms with Gasteiger partial charge < -0.3 is 14.9 Å². The normalized spacial score (nSPS) is 17.8. The summed E-state index contributed by atoms with van der Waals surface area (Å²) in [6.07, 6.45) is 0. The Morgan fingerprint density at radius 3 is 2.56 bits per heavy atom. The van der Waals surface area contributed by atoms with Gasteiger partial charge in [0.15, 0.2) is 0 Å². The molecule has 6 nitrogen and oxygen atoms in total. The third-order valence-electron chi connectivity index (χ3n) is 5.12. The fourth-order valence-corrected chi connectivity index (χ4v) is 5.11. The van der Waals surface area contributed by atoms with E-state index < -0.39 is 23.5 Å². The van der Waals surface area contributed by atoms with E-state index >= 15 is 0 Å². The Kier molecular flexibility index (Phi) is 5.90. The number of carbonyl (C=O) groups is 2. The monoisotopic (exact) mass is 489 g/mol. The second kappa shape index (κ2) is 8.50. The molecule has 0 aliphatic carbocycles. The number of phenolic OH excluding ortho intramolecular Hbond substituents is 1. The van der Waals surface area contributed by atoms with Gasteiger partial charge in [0, 0.05) is 9.90 Å². The van der Waals surface area contributed by atoms with Crippen LogP contribution >= 0.6 is 34.5 Å². The van der Waals surface area contributed by atoms with Crippen LogP contribution in [0, 0.1) is 6.92 Å². The minimum Gasteiger partial charge on any atom is -0.507 e. The molecule has 9 heteroatoms. The van der Waals surface area contributed by atoms with Crippen molar-refractivity contribution in [1.29, 1.82) is 0 Å². The standard InChI is InChI=1S/C23H17Cl2NO5S/c1-11-5-6-16(27)15(8-11)26-19(17-4-3-7-32-17)18(21(29)23(26)30)20(28)13-9-12(24)10-14(25)22(13)31-2/h3-10,19,27-28H,1-2H3/b20-18-. The molecule has 4 rings (SSSR count). The highest BCUT2D eigenvalue weighted by atomic mass is 35.5. The molecule has 0 radical (unpaired) electrons. The van der Waals surface area contributed by atoms with Crippen molar-refractivity contribution in [3.63, 3.8) is 0 Å². The van der Waals surface area contributed by atoms with Crippen molar-refractivity contribution in [3.05, 3.63) is 79.5 Å². The molecule has 1 aliphatic heterocycles. The van der Waals surface area contributed by atoms with Gasteiger partial charge in [0.1, 0.15) is 23.3 Å². The van der Waals surface area contributed by atoms with Crippen LogP contribution < -0.4 is 9.64 Å². The van der Waals surface area contributed by atoms with Crippen LogP contribution in [0.25, 0.3) is 5.76 Å². The van der Waals surface area contributed by atoms with Crippen LogP contribution in [0.4, 0.5) is 5.69 Å². The first-order chi connectivity index (χ1) is 15.2. The molecule has 1 amide bonds. The van der Waals surface area contributed by atoms with E-state index in [1.54, 1.807) is 36.6 Å². The molecule has 1 saturated heterocycles. The van der Waals surface area contributed by atoms with Crippen LogP contribution in [0.1, 0.15) is 22.0 Å². The second-order valence-electron chi connectivity index (χ2n) is 7.15. The zero-order chi connectivity index (χ0) is 23.2. The van der Waals surface area contributed by atoms with Crippen molar-refractivity contribution < 1.29 is 24.5 Å². The predicted molar refractivity (Wildman–Crippen MR) is 125 cm³/mol. The highest BCUT2D eigenvalue weighted by molar-refractivity contribution is 7.10. The van der Waals surface area contributed by atoms with E-state index in [2.05, 4.69) is 0 Å². The van der Waals surface area contributed by atoms with Crippen LogP contribution in [-0.4, -0.2) is 29.0 Å². The van der Waals surface area contributed by atoms with Crippen LogP contribution in [0.2, 0.25) is 10.0 Å². The van der Waals surface area contributed by atoms with Crippen LogP contribution in [0.15, 0.2) is 53.4 Å².